The number of aromatic nitrogens is 4. The molecule has 0 spiro atoms. The van der Waals surface area contributed by atoms with Gasteiger partial charge in [0, 0.05) is 6.08 Å². The minimum Gasteiger partial charge on any atom is -0.512 e. The molecule has 0 saturated heterocycles. The Morgan fingerprint density at radius 2 is 1.72 bits per heavy atom. The Morgan fingerprint density at radius 1 is 0.960 bits per heavy atom. The number of benzene rings is 2. The Labute approximate surface area is 145 Å². The molecular formula is C20H18N4O. The predicted molar refractivity (Wildman–Crippen MR) is 99.0 cm³/mol. The summed E-state index contributed by atoms with van der Waals surface area (Å²) in [5.41, 5.74) is 5.15. The molecule has 0 saturated carbocycles. The lowest BCUT2D eigenvalue weighted by Gasteiger charge is -2.17. The topological polar surface area (TPSA) is 63.8 Å². The van der Waals surface area contributed by atoms with Crippen LogP contribution in [0.5, 0.6) is 0 Å². The maximum atomic E-state index is 9.55. The van der Waals surface area contributed by atoms with Gasteiger partial charge in [0.1, 0.15) is 0 Å². The van der Waals surface area contributed by atoms with Crippen molar-refractivity contribution in [2.45, 2.75) is 20.8 Å². The van der Waals surface area contributed by atoms with Crippen LogP contribution >= 0.6 is 0 Å². The number of allylic oxidation sites excluding steroid dienone is 1. The van der Waals surface area contributed by atoms with Gasteiger partial charge >= 0.3 is 0 Å². The molecule has 2 aromatic carbocycles. The summed E-state index contributed by atoms with van der Waals surface area (Å²) in [4.78, 5) is 13.8. The summed E-state index contributed by atoms with van der Waals surface area (Å²) in [7, 11) is 0. The lowest BCUT2D eigenvalue weighted by Crippen LogP contribution is -2.07. The second-order valence-electron chi connectivity index (χ2n) is 6.19. The normalized spacial score (nSPS) is 12.2. The van der Waals surface area contributed by atoms with Crippen molar-refractivity contribution in [3.63, 3.8) is 0 Å². The van der Waals surface area contributed by atoms with Gasteiger partial charge in [0.15, 0.2) is 17.5 Å². The fraction of sp³-hybridized carbons (Fsp3) is 0.150. The third-order valence-corrected chi connectivity index (χ3v) is 4.22. The predicted octanol–water partition coefficient (Wildman–Crippen LogP) is 4.46. The lowest BCUT2D eigenvalue weighted by atomic mass is 10.1. The lowest BCUT2D eigenvalue weighted by molar-refractivity contribution is 0.419. The summed E-state index contributed by atoms with van der Waals surface area (Å²) in [6, 6.07) is 14.3. The Morgan fingerprint density at radius 3 is 2.48 bits per heavy atom. The van der Waals surface area contributed by atoms with Crippen LogP contribution in [0.25, 0.3) is 34.4 Å². The van der Waals surface area contributed by atoms with Crippen molar-refractivity contribution < 1.29 is 5.11 Å². The van der Waals surface area contributed by atoms with Gasteiger partial charge in [-0.05, 0) is 44.0 Å². The molecule has 0 aromatic heterocycles. The number of hydrogen-bond donors (Lipinski definition) is 1. The summed E-state index contributed by atoms with van der Waals surface area (Å²) in [6.07, 6.45) is 1.54. The van der Waals surface area contributed by atoms with E-state index in [-0.39, 0.29) is 5.76 Å². The molecular weight excluding hydrogens is 312 g/mol. The van der Waals surface area contributed by atoms with Crippen molar-refractivity contribution >= 4 is 17.1 Å². The number of rotatable bonds is 2. The first kappa shape index (κ1) is 15.3. The first-order chi connectivity index (χ1) is 12.0. The summed E-state index contributed by atoms with van der Waals surface area (Å²) < 4.78 is 2.09. The molecule has 0 amide bonds. The standard InChI is InChI=1S/C20H18N4O/c1-12-7-4-5-9-15(12)24-16-10-6-8-13(2)18(16)23-19-20(24)22-17(21-19)11-14(3)25/h4-11,25H,1-3H3/b14-11-. The smallest absolute Gasteiger partial charge is 0.199 e. The molecule has 2 heterocycles. The maximum Gasteiger partial charge on any atom is 0.199 e. The van der Waals surface area contributed by atoms with Gasteiger partial charge in [-0.1, -0.05) is 30.3 Å². The number of hydrogen-bond acceptors (Lipinski definition) is 4. The Hall–Kier alpha value is -3.21. The molecule has 124 valence electrons. The van der Waals surface area contributed by atoms with Gasteiger partial charge in [0.05, 0.1) is 22.5 Å². The monoisotopic (exact) mass is 330 g/mol. The van der Waals surface area contributed by atoms with Crippen LogP contribution in [0.15, 0.2) is 48.2 Å². The van der Waals surface area contributed by atoms with Crippen molar-refractivity contribution in [1.82, 2.24) is 19.5 Å². The van der Waals surface area contributed by atoms with Crippen LogP contribution in [-0.2, 0) is 0 Å². The molecule has 0 radical (unpaired) electrons. The molecule has 0 bridgehead atoms. The van der Waals surface area contributed by atoms with Gasteiger partial charge < -0.3 is 5.11 Å². The Kier molecular flexibility index (Phi) is 3.50. The highest BCUT2D eigenvalue weighted by molar-refractivity contribution is 5.84. The van der Waals surface area contributed by atoms with E-state index >= 15 is 0 Å². The number of para-hydroxylation sites is 2. The SMILES string of the molecule is C/C(O)=C/c1nc2nc3c(C)cccc3n(-c3ccccc3C)c-2n1. The molecule has 5 heteroatoms. The van der Waals surface area contributed by atoms with Crippen LogP contribution in [-0.4, -0.2) is 24.6 Å². The number of imidazole rings is 1. The number of aliphatic hydroxyl groups excluding tert-OH is 1. The molecule has 0 atom stereocenters. The number of fused-ring (bicyclic) bond motifs is 2. The van der Waals surface area contributed by atoms with Gasteiger partial charge in [-0.3, -0.25) is 4.57 Å². The van der Waals surface area contributed by atoms with Crippen LogP contribution < -0.4 is 0 Å². The van der Waals surface area contributed by atoms with E-state index in [9.17, 15) is 5.11 Å². The summed E-state index contributed by atoms with van der Waals surface area (Å²) >= 11 is 0. The van der Waals surface area contributed by atoms with Crippen LogP contribution in [0.1, 0.15) is 23.9 Å². The molecule has 1 N–H and O–H groups in total. The zero-order valence-electron chi connectivity index (χ0n) is 14.4. The van der Waals surface area contributed by atoms with E-state index in [2.05, 4.69) is 33.6 Å². The highest BCUT2D eigenvalue weighted by Gasteiger charge is 2.21. The highest BCUT2D eigenvalue weighted by atomic mass is 16.3. The van der Waals surface area contributed by atoms with E-state index in [1.165, 1.54) is 0 Å². The van der Waals surface area contributed by atoms with Crippen molar-refractivity contribution in [3.05, 3.63) is 65.2 Å². The van der Waals surface area contributed by atoms with Crippen molar-refractivity contribution in [2.24, 2.45) is 0 Å². The summed E-state index contributed by atoms with van der Waals surface area (Å²) in [5, 5.41) is 9.55. The minimum absolute atomic E-state index is 0.165. The number of aliphatic hydroxyl groups is 1. The van der Waals surface area contributed by atoms with E-state index in [1.54, 1.807) is 13.0 Å². The van der Waals surface area contributed by atoms with Crippen molar-refractivity contribution in [2.75, 3.05) is 0 Å². The quantitative estimate of drug-likeness (QED) is 0.551. The molecule has 5 nitrogen and oxygen atoms in total. The third-order valence-electron chi connectivity index (χ3n) is 4.22. The summed E-state index contributed by atoms with van der Waals surface area (Å²) in [6.45, 7) is 5.72. The molecule has 4 rings (SSSR count). The zero-order valence-corrected chi connectivity index (χ0v) is 14.4. The van der Waals surface area contributed by atoms with Crippen molar-refractivity contribution in [3.8, 4) is 17.3 Å². The van der Waals surface area contributed by atoms with E-state index in [0.717, 1.165) is 27.8 Å². The van der Waals surface area contributed by atoms with Crippen LogP contribution in [0.3, 0.4) is 0 Å². The second kappa shape index (κ2) is 5.70. The number of nitrogens with zero attached hydrogens (tertiary/aromatic N) is 4. The van der Waals surface area contributed by atoms with Gasteiger partial charge in [-0.25, -0.2) is 15.0 Å². The Bertz CT molecular complexity index is 1090. The summed E-state index contributed by atoms with van der Waals surface area (Å²) in [5.74, 6) is 1.87. The van der Waals surface area contributed by atoms with Crippen LogP contribution in [0.4, 0.5) is 0 Å². The highest BCUT2D eigenvalue weighted by Crippen LogP contribution is 2.30. The molecule has 0 fully saturated rings. The van der Waals surface area contributed by atoms with Gasteiger partial charge in [-0.15, -0.1) is 0 Å². The molecule has 0 aliphatic carbocycles. The van der Waals surface area contributed by atoms with E-state index in [4.69, 9.17) is 4.98 Å². The van der Waals surface area contributed by atoms with Gasteiger partial charge in [0.2, 0.25) is 0 Å². The van der Waals surface area contributed by atoms with E-state index in [1.807, 2.05) is 37.3 Å². The zero-order chi connectivity index (χ0) is 17.6. The second-order valence-corrected chi connectivity index (χ2v) is 6.19. The Balaban J connectivity index is 2.16. The van der Waals surface area contributed by atoms with Gasteiger partial charge in [-0.2, -0.15) is 0 Å². The first-order valence-electron chi connectivity index (χ1n) is 8.13. The van der Waals surface area contributed by atoms with Crippen LogP contribution in [0.2, 0.25) is 0 Å². The molecule has 0 unspecified atom stereocenters. The molecule has 2 aliphatic rings. The van der Waals surface area contributed by atoms with Crippen LogP contribution in [0, 0.1) is 13.8 Å². The molecule has 25 heavy (non-hydrogen) atoms. The average molecular weight is 330 g/mol. The fourth-order valence-electron chi connectivity index (χ4n) is 3.07. The van der Waals surface area contributed by atoms with Gasteiger partial charge in [0.25, 0.3) is 0 Å². The van der Waals surface area contributed by atoms with E-state index in [0.29, 0.717) is 17.5 Å². The molecule has 2 aromatic rings. The minimum atomic E-state index is 0.165. The largest absolute Gasteiger partial charge is 0.512 e. The average Bonchev–Trinajstić information content (AvgIpc) is 2.95. The maximum absolute atomic E-state index is 9.55. The van der Waals surface area contributed by atoms with E-state index < -0.39 is 0 Å². The molecule has 2 aliphatic heterocycles. The fourth-order valence-corrected chi connectivity index (χ4v) is 3.07. The number of aryl methyl sites for hydroxylation is 2. The van der Waals surface area contributed by atoms with Crippen molar-refractivity contribution in [1.29, 1.82) is 0 Å². The third kappa shape index (κ3) is 2.54. The first-order valence-corrected chi connectivity index (χ1v) is 8.13.